The Balaban J connectivity index is 2.08. The third-order valence-corrected chi connectivity index (χ3v) is 3.46. The normalized spacial score (nSPS) is 15.1. The van der Waals surface area contributed by atoms with Gasteiger partial charge in [0.1, 0.15) is 0 Å². The Labute approximate surface area is 96.9 Å². The van der Waals surface area contributed by atoms with Gasteiger partial charge in [-0.3, -0.25) is 0 Å². The summed E-state index contributed by atoms with van der Waals surface area (Å²) in [7, 11) is 0. The molecule has 1 radical (unpaired) electrons. The van der Waals surface area contributed by atoms with Crippen LogP contribution in [0, 0.1) is 12.8 Å². The molecule has 0 saturated carbocycles. The number of benzene rings is 2. The zero-order chi connectivity index (χ0) is 11.0. The van der Waals surface area contributed by atoms with Gasteiger partial charge in [-0.2, -0.15) is 0 Å². The Bertz CT molecular complexity index is 511. The second kappa shape index (κ2) is 3.79. The summed E-state index contributed by atoms with van der Waals surface area (Å²) < 4.78 is 0. The van der Waals surface area contributed by atoms with Crippen molar-refractivity contribution < 1.29 is 0 Å². The molecule has 2 aromatic rings. The monoisotopic (exact) mass is 207 g/mol. The molecule has 0 amide bonds. The van der Waals surface area contributed by atoms with Gasteiger partial charge in [-0.25, -0.2) is 0 Å². The molecule has 0 bridgehead atoms. The van der Waals surface area contributed by atoms with E-state index in [2.05, 4.69) is 55.5 Å². The van der Waals surface area contributed by atoms with E-state index < -0.39 is 0 Å². The minimum atomic E-state index is 1.18. The van der Waals surface area contributed by atoms with E-state index in [-0.39, 0.29) is 0 Å². The maximum absolute atomic E-state index is 2.25. The van der Waals surface area contributed by atoms with Crippen LogP contribution in [0.3, 0.4) is 0 Å². The molecule has 0 aliphatic heterocycles. The number of aryl methyl sites for hydroxylation is 2. The zero-order valence-electron chi connectivity index (χ0n) is 9.53. The lowest BCUT2D eigenvalue weighted by Crippen LogP contribution is -1.99. The van der Waals surface area contributed by atoms with Crippen LogP contribution >= 0.6 is 0 Å². The Morgan fingerprint density at radius 1 is 0.750 bits per heavy atom. The van der Waals surface area contributed by atoms with Crippen molar-refractivity contribution in [3.8, 4) is 0 Å². The van der Waals surface area contributed by atoms with Crippen molar-refractivity contribution in [2.24, 2.45) is 0 Å². The van der Waals surface area contributed by atoms with Crippen LogP contribution < -0.4 is 0 Å². The molecule has 2 aromatic carbocycles. The Morgan fingerprint density at radius 3 is 2.25 bits per heavy atom. The van der Waals surface area contributed by atoms with Crippen LogP contribution in [0.4, 0.5) is 0 Å². The molecule has 0 atom stereocenters. The molecule has 0 saturated heterocycles. The smallest absolute Gasteiger partial charge is 0.0348 e. The molecule has 0 spiro atoms. The van der Waals surface area contributed by atoms with Crippen LogP contribution in [-0.4, -0.2) is 0 Å². The standard InChI is InChI=1S/C16H15/c1-12-6-2-4-8-14(12)16-11-10-13-7-3-5-9-15(13)16/h2-9H,10-11H2,1H3. The molecule has 79 valence electrons. The summed E-state index contributed by atoms with van der Waals surface area (Å²) in [5.41, 5.74) is 5.76. The van der Waals surface area contributed by atoms with Crippen molar-refractivity contribution >= 4 is 0 Å². The van der Waals surface area contributed by atoms with Crippen molar-refractivity contribution in [1.82, 2.24) is 0 Å². The van der Waals surface area contributed by atoms with Crippen LogP contribution in [0.15, 0.2) is 48.5 Å². The summed E-state index contributed by atoms with van der Waals surface area (Å²) in [6.07, 6.45) is 2.38. The topological polar surface area (TPSA) is 0 Å². The van der Waals surface area contributed by atoms with Crippen molar-refractivity contribution in [1.29, 1.82) is 0 Å². The maximum atomic E-state index is 2.25. The van der Waals surface area contributed by atoms with E-state index in [1.165, 1.54) is 41.0 Å². The summed E-state index contributed by atoms with van der Waals surface area (Å²) in [5, 5.41) is 0. The second-order valence-electron chi connectivity index (χ2n) is 4.45. The molecule has 1 aliphatic carbocycles. The first-order chi connectivity index (χ1) is 7.86. The number of fused-ring (bicyclic) bond motifs is 1. The first kappa shape index (κ1) is 9.65. The molecule has 0 N–H and O–H groups in total. The van der Waals surface area contributed by atoms with Crippen LogP contribution in [0.1, 0.15) is 28.7 Å². The van der Waals surface area contributed by atoms with Gasteiger partial charge >= 0.3 is 0 Å². The van der Waals surface area contributed by atoms with Crippen molar-refractivity contribution in [2.75, 3.05) is 0 Å². The number of rotatable bonds is 1. The van der Waals surface area contributed by atoms with Gasteiger partial charge in [0.15, 0.2) is 0 Å². The summed E-state index contributed by atoms with van der Waals surface area (Å²) in [5.74, 6) is 1.52. The summed E-state index contributed by atoms with van der Waals surface area (Å²) in [6.45, 7) is 2.20. The second-order valence-corrected chi connectivity index (χ2v) is 4.45. The molecule has 16 heavy (non-hydrogen) atoms. The third-order valence-electron chi connectivity index (χ3n) is 3.46. The van der Waals surface area contributed by atoms with E-state index >= 15 is 0 Å². The predicted octanol–water partition coefficient (Wildman–Crippen LogP) is 3.91. The van der Waals surface area contributed by atoms with E-state index in [0.717, 1.165) is 0 Å². The first-order valence-corrected chi connectivity index (χ1v) is 5.86. The van der Waals surface area contributed by atoms with E-state index in [0.29, 0.717) is 0 Å². The van der Waals surface area contributed by atoms with Crippen LogP contribution in [0.25, 0.3) is 0 Å². The highest BCUT2D eigenvalue weighted by Crippen LogP contribution is 2.37. The minimum absolute atomic E-state index is 1.18. The van der Waals surface area contributed by atoms with Gasteiger partial charge in [0.05, 0.1) is 0 Å². The number of hydrogen-bond acceptors (Lipinski definition) is 0. The highest BCUT2D eigenvalue weighted by Gasteiger charge is 2.24. The van der Waals surface area contributed by atoms with E-state index in [4.69, 9.17) is 0 Å². The fourth-order valence-corrected chi connectivity index (χ4v) is 2.62. The van der Waals surface area contributed by atoms with Gasteiger partial charge in [0.25, 0.3) is 0 Å². The average Bonchev–Trinajstić information content (AvgIpc) is 2.74. The molecule has 0 unspecified atom stereocenters. The molecule has 1 aliphatic rings. The fourth-order valence-electron chi connectivity index (χ4n) is 2.62. The lowest BCUT2D eigenvalue weighted by molar-refractivity contribution is 0.957. The molecule has 0 nitrogen and oxygen atoms in total. The van der Waals surface area contributed by atoms with Gasteiger partial charge in [0.2, 0.25) is 0 Å². The van der Waals surface area contributed by atoms with Gasteiger partial charge in [0, 0.05) is 5.92 Å². The third kappa shape index (κ3) is 1.46. The van der Waals surface area contributed by atoms with E-state index in [1.54, 1.807) is 0 Å². The van der Waals surface area contributed by atoms with E-state index in [1.807, 2.05) is 0 Å². The summed E-state index contributed by atoms with van der Waals surface area (Å²) in [4.78, 5) is 0. The maximum Gasteiger partial charge on any atom is 0.0348 e. The van der Waals surface area contributed by atoms with Crippen LogP contribution in [0.5, 0.6) is 0 Å². The molecule has 3 rings (SSSR count). The van der Waals surface area contributed by atoms with Gasteiger partial charge in [-0.15, -0.1) is 0 Å². The predicted molar refractivity (Wildman–Crippen MR) is 67.4 cm³/mol. The molecule has 0 aromatic heterocycles. The SMILES string of the molecule is Cc1ccccc1[C]1CCc2ccccc21. The largest absolute Gasteiger partial charge is 0.0620 e. The lowest BCUT2D eigenvalue weighted by atomic mass is 9.90. The Morgan fingerprint density at radius 2 is 1.44 bits per heavy atom. The molecule has 0 fully saturated rings. The van der Waals surface area contributed by atoms with Crippen molar-refractivity contribution in [3.63, 3.8) is 0 Å². The van der Waals surface area contributed by atoms with Crippen LogP contribution in [-0.2, 0) is 6.42 Å². The zero-order valence-corrected chi connectivity index (χ0v) is 9.53. The van der Waals surface area contributed by atoms with Crippen molar-refractivity contribution in [2.45, 2.75) is 19.8 Å². The minimum Gasteiger partial charge on any atom is -0.0620 e. The van der Waals surface area contributed by atoms with E-state index in [9.17, 15) is 0 Å². The average molecular weight is 207 g/mol. The highest BCUT2D eigenvalue weighted by molar-refractivity contribution is 5.55. The molecular weight excluding hydrogens is 192 g/mol. The summed E-state index contributed by atoms with van der Waals surface area (Å²) in [6, 6.07) is 17.5. The van der Waals surface area contributed by atoms with Crippen LogP contribution in [0.2, 0.25) is 0 Å². The summed E-state index contributed by atoms with van der Waals surface area (Å²) >= 11 is 0. The lowest BCUT2D eigenvalue weighted by Gasteiger charge is -2.13. The Hall–Kier alpha value is -1.56. The highest BCUT2D eigenvalue weighted by atomic mass is 14.3. The quantitative estimate of drug-likeness (QED) is 0.665. The fraction of sp³-hybridized carbons (Fsp3) is 0.188. The Kier molecular flexibility index (Phi) is 2.28. The molecular formula is C16H15. The van der Waals surface area contributed by atoms with Crippen molar-refractivity contribution in [3.05, 3.63) is 76.7 Å². The molecule has 0 heterocycles. The van der Waals surface area contributed by atoms with Gasteiger partial charge in [-0.05, 0) is 42.0 Å². The van der Waals surface area contributed by atoms with Gasteiger partial charge < -0.3 is 0 Å². The molecule has 0 heteroatoms. The number of hydrogen-bond donors (Lipinski definition) is 0. The van der Waals surface area contributed by atoms with Gasteiger partial charge in [-0.1, -0.05) is 48.5 Å². The first-order valence-electron chi connectivity index (χ1n) is 5.86.